The molecule has 5 nitrogen and oxygen atoms in total. The Balaban J connectivity index is 2.07. The number of hydrogen-bond donors (Lipinski definition) is 1. The molecule has 0 saturated carbocycles. The van der Waals surface area contributed by atoms with Gasteiger partial charge in [0.25, 0.3) is 0 Å². The molecular formula is C16H27N3O2S. The van der Waals surface area contributed by atoms with Crippen LogP contribution in [-0.4, -0.2) is 50.8 Å². The Morgan fingerprint density at radius 3 is 2.50 bits per heavy atom. The number of nitrogens with two attached hydrogens (primary N) is 1. The number of piperidine rings is 1. The first-order chi connectivity index (χ1) is 10.4. The van der Waals surface area contributed by atoms with Crippen molar-refractivity contribution in [3.05, 3.63) is 29.8 Å². The average Bonchev–Trinajstić information content (AvgIpc) is 2.50. The fourth-order valence-corrected chi connectivity index (χ4v) is 3.90. The maximum Gasteiger partial charge on any atom is 0.242 e. The Labute approximate surface area is 134 Å². The Bertz CT molecular complexity index is 568. The van der Waals surface area contributed by atoms with Crippen LogP contribution in [0.15, 0.2) is 29.2 Å². The van der Waals surface area contributed by atoms with Crippen molar-refractivity contribution in [1.82, 2.24) is 9.21 Å². The second kappa shape index (κ2) is 7.55. The van der Waals surface area contributed by atoms with Gasteiger partial charge >= 0.3 is 0 Å². The second-order valence-electron chi connectivity index (χ2n) is 6.13. The van der Waals surface area contributed by atoms with Crippen molar-refractivity contribution >= 4 is 10.0 Å². The van der Waals surface area contributed by atoms with Crippen molar-refractivity contribution in [2.45, 2.75) is 43.2 Å². The molecule has 1 saturated heterocycles. The molecule has 1 aliphatic heterocycles. The van der Waals surface area contributed by atoms with Crippen LogP contribution in [0.25, 0.3) is 0 Å². The molecule has 1 aromatic carbocycles. The standard InChI is InChI=1S/C16H27N3O2S/c1-18(2)22(20,21)16-8-6-14(7-9-16)13-19-12-4-3-5-15(19)10-11-17/h6-9,15H,3-5,10-13,17H2,1-2H3. The van der Waals surface area contributed by atoms with E-state index in [-0.39, 0.29) is 0 Å². The summed E-state index contributed by atoms with van der Waals surface area (Å²) in [4.78, 5) is 2.82. The first-order valence-corrected chi connectivity index (χ1v) is 9.34. The highest BCUT2D eigenvalue weighted by molar-refractivity contribution is 7.89. The van der Waals surface area contributed by atoms with Gasteiger partial charge in [0.15, 0.2) is 0 Å². The van der Waals surface area contributed by atoms with Gasteiger partial charge in [-0.3, -0.25) is 4.90 Å². The first-order valence-electron chi connectivity index (χ1n) is 7.90. The predicted octanol–water partition coefficient (Wildman–Crippen LogP) is 1.64. The summed E-state index contributed by atoms with van der Waals surface area (Å²) in [6, 6.07) is 7.80. The number of benzene rings is 1. The minimum Gasteiger partial charge on any atom is -0.330 e. The number of likely N-dealkylation sites (tertiary alicyclic amines) is 1. The number of rotatable bonds is 6. The van der Waals surface area contributed by atoms with Gasteiger partial charge in [-0.15, -0.1) is 0 Å². The van der Waals surface area contributed by atoms with E-state index in [9.17, 15) is 8.42 Å². The van der Waals surface area contributed by atoms with Gasteiger partial charge in [-0.1, -0.05) is 18.6 Å². The Morgan fingerprint density at radius 1 is 1.23 bits per heavy atom. The number of hydrogen-bond acceptors (Lipinski definition) is 4. The van der Waals surface area contributed by atoms with Gasteiger partial charge in [0, 0.05) is 26.7 Å². The summed E-state index contributed by atoms with van der Waals surface area (Å²) < 4.78 is 25.4. The summed E-state index contributed by atoms with van der Waals surface area (Å²) in [5, 5.41) is 0. The van der Waals surface area contributed by atoms with Crippen molar-refractivity contribution in [3.8, 4) is 0 Å². The van der Waals surface area contributed by atoms with Crippen LogP contribution in [0.1, 0.15) is 31.2 Å². The maximum absolute atomic E-state index is 12.1. The summed E-state index contributed by atoms with van der Waals surface area (Å²) in [7, 11) is -0.243. The predicted molar refractivity (Wildman–Crippen MR) is 89.0 cm³/mol. The van der Waals surface area contributed by atoms with Gasteiger partial charge in [-0.25, -0.2) is 12.7 Å². The zero-order chi connectivity index (χ0) is 16.2. The molecule has 0 aromatic heterocycles. The Hall–Kier alpha value is -0.950. The molecule has 124 valence electrons. The lowest BCUT2D eigenvalue weighted by atomic mass is 9.98. The highest BCUT2D eigenvalue weighted by Crippen LogP contribution is 2.22. The normalized spacial score (nSPS) is 20.5. The molecule has 0 amide bonds. The molecule has 0 radical (unpaired) electrons. The van der Waals surface area contributed by atoms with Crippen LogP contribution >= 0.6 is 0 Å². The van der Waals surface area contributed by atoms with Crippen molar-refractivity contribution in [1.29, 1.82) is 0 Å². The monoisotopic (exact) mass is 325 g/mol. The van der Waals surface area contributed by atoms with E-state index >= 15 is 0 Å². The minimum atomic E-state index is -3.34. The quantitative estimate of drug-likeness (QED) is 0.863. The lowest BCUT2D eigenvalue weighted by Crippen LogP contribution is -2.40. The van der Waals surface area contributed by atoms with Crippen LogP contribution in [0.5, 0.6) is 0 Å². The van der Waals surface area contributed by atoms with E-state index in [0.717, 1.165) is 31.6 Å². The van der Waals surface area contributed by atoms with Crippen LogP contribution in [0.2, 0.25) is 0 Å². The van der Waals surface area contributed by atoms with Crippen LogP contribution in [0, 0.1) is 0 Å². The van der Waals surface area contributed by atoms with Crippen LogP contribution in [0.4, 0.5) is 0 Å². The number of nitrogens with zero attached hydrogens (tertiary/aromatic N) is 2. The molecule has 0 spiro atoms. The van der Waals surface area contributed by atoms with E-state index in [1.165, 1.54) is 23.6 Å². The fraction of sp³-hybridized carbons (Fsp3) is 0.625. The van der Waals surface area contributed by atoms with Crippen molar-refractivity contribution < 1.29 is 8.42 Å². The van der Waals surface area contributed by atoms with Gasteiger partial charge in [0.05, 0.1) is 4.90 Å². The average molecular weight is 325 g/mol. The molecule has 2 rings (SSSR count). The number of sulfonamides is 1. The maximum atomic E-state index is 12.1. The zero-order valence-electron chi connectivity index (χ0n) is 13.5. The zero-order valence-corrected chi connectivity index (χ0v) is 14.3. The van der Waals surface area contributed by atoms with Crippen LogP contribution in [0.3, 0.4) is 0 Å². The highest BCUT2D eigenvalue weighted by atomic mass is 32.2. The largest absolute Gasteiger partial charge is 0.330 e. The SMILES string of the molecule is CN(C)S(=O)(=O)c1ccc(CN2CCCCC2CCN)cc1. The Kier molecular flexibility index (Phi) is 5.97. The third-order valence-electron chi connectivity index (χ3n) is 4.34. The molecule has 1 atom stereocenters. The van der Waals surface area contributed by atoms with E-state index in [1.54, 1.807) is 26.2 Å². The molecule has 1 aliphatic rings. The van der Waals surface area contributed by atoms with Gasteiger partial charge in [-0.05, 0) is 50.0 Å². The topological polar surface area (TPSA) is 66.6 Å². The van der Waals surface area contributed by atoms with E-state index in [2.05, 4.69) is 4.90 Å². The van der Waals surface area contributed by atoms with E-state index in [1.807, 2.05) is 12.1 Å². The van der Waals surface area contributed by atoms with Crippen molar-refractivity contribution in [3.63, 3.8) is 0 Å². The molecule has 1 unspecified atom stereocenters. The minimum absolute atomic E-state index is 0.346. The molecule has 1 aromatic rings. The van der Waals surface area contributed by atoms with Gasteiger partial charge in [0.2, 0.25) is 10.0 Å². The Morgan fingerprint density at radius 2 is 1.91 bits per heavy atom. The lowest BCUT2D eigenvalue weighted by Gasteiger charge is -2.35. The van der Waals surface area contributed by atoms with Crippen molar-refractivity contribution in [2.75, 3.05) is 27.2 Å². The first kappa shape index (κ1) is 17.4. The van der Waals surface area contributed by atoms with Crippen LogP contribution < -0.4 is 5.73 Å². The lowest BCUT2D eigenvalue weighted by molar-refractivity contribution is 0.134. The molecule has 22 heavy (non-hydrogen) atoms. The molecular weight excluding hydrogens is 298 g/mol. The summed E-state index contributed by atoms with van der Waals surface area (Å²) in [6.07, 6.45) is 4.76. The smallest absolute Gasteiger partial charge is 0.242 e. The van der Waals surface area contributed by atoms with Gasteiger partial charge < -0.3 is 5.73 Å². The van der Waals surface area contributed by atoms with E-state index in [0.29, 0.717) is 10.9 Å². The van der Waals surface area contributed by atoms with E-state index < -0.39 is 10.0 Å². The summed E-state index contributed by atoms with van der Waals surface area (Å²) in [5.74, 6) is 0. The molecule has 1 heterocycles. The third-order valence-corrected chi connectivity index (χ3v) is 6.17. The van der Waals surface area contributed by atoms with Crippen LogP contribution in [-0.2, 0) is 16.6 Å². The second-order valence-corrected chi connectivity index (χ2v) is 8.28. The fourth-order valence-electron chi connectivity index (χ4n) is 3.00. The molecule has 0 aliphatic carbocycles. The van der Waals surface area contributed by atoms with Gasteiger partial charge in [0.1, 0.15) is 0 Å². The molecule has 6 heteroatoms. The molecule has 1 fully saturated rings. The van der Waals surface area contributed by atoms with E-state index in [4.69, 9.17) is 5.73 Å². The highest BCUT2D eigenvalue weighted by Gasteiger charge is 2.22. The molecule has 0 bridgehead atoms. The third kappa shape index (κ3) is 4.07. The summed E-state index contributed by atoms with van der Waals surface area (Å²) in [5.41, 5.74) is 6.87. The molecule has 2 N–H and O–H groups in total. The summed E-state index contributed by atoms with van der Waals surface area (Å²) >= 11 is 0. The van der Waals surface area contributed by atoms with Crippen molar-refractivity contribution in [2.24, 2.45) is 5.73 Å². The van der Waals surface area contributed by atoms with Gasteiger partial charge in [-0.2, -0.15) is 0 Å². The summed E-state index contributed by atoms with van der Waals surface area (Å²) in [6.45, 7) is 2.69.